The summed E-state index contributed by atoms with van der Waals surface area (Å²) in [6.07, 6.45) is 1.50. The molecule has 0 aliphatic rings. The van der Waals surface area contributed by atoms with Crippen molar-refractivity contribution in [1.82, 2.24) is 24.9 Å². The van der Waals surface area contributed by atoms with Gasteiger partial charge in [-0.2, -0.15) is 0 Å². The highest BCUT2D eigenvalue weighted by Crippen LogP contribution is 2.16. The van der Waals surface area contributed by atoms with Gasteiger partial charge in [0.15, 0.2) is 0 Å². The smallest absolute Gasteiger partial charge is 0.240 e. The third kappa shape index (κ3) is 4.85. The minimum atomic E-state index is -3.57. The SMILES string of the molecule is O=S(=O)(NCc1ccccc1)c1ccc(OCCn2cnnn2)cc1. The van der Waals surface area contributed by atoms with E-state index < -0.39 is 10.0 Å². The zero-order valence-electron chi connectivity index (χ0n) is 13.3. The zero-order valence-corrected chi connectivity index (χ0v) is 14.1. The summed E-state index contributed by atoms with van der Waals surface area (Å²) in [5, 5.41) is 10.8. The molecule has 0 atom stereocenters. The van der Waals surface area contributed by atoms with Crippen LogP contribution in [0, 0.1) is 0 Å². The van der Waals surface area contributed by atoms with Crippen molar-refractivity contribution in [3.8, 4) is 5.75 Å². The molecule has 3 rings (SSSR count). The van der Waals surface area contributed by atoms with Gasteiger partial charge in [-0.05, 0) is 40.3 Å². The van der Waals surface area contributed by atoms with Crippen LogP contribution in [0.3, 0.4) is 0 Å². The number of nitrogens with one attached hydrogen (secondary N) is 1. The molecule has 25 heavy (non-hydrogen) atoms. The lowest BCUT2D eigenvalue weighted by molar-refractivity contribution is 0.289. The number of aromatic nitrogens is 4. The maximum absolute atomic E-state index is 12.3. The topological polar surface area (TPSA) is 99.0 Å². The van der Waals surface area contributed by atoms with E-state index in [2.05, 4.69) is 20.2 Å². The van der Waals surface area contributed by atoms with E-state index in [9.17, 15) is 8.42 Å². The lowest BCUT2D eigenvalue weighted by Gasteiger charge is -2.09. The molecule has 130 valence electrons. The predicted octanol–water partition coefficient (Wildman–Crippen LogP) is 1.23. The molecule has 1 heterocycles. The maximum atomic E-state index is 12.3. The largest absolute Gasteiger partial charge is 0.492 e. The van der Waals surface area contributed by atoms with Crippen LogP contribution in [0.25, 0.3) is 0 Å². The Morgan fingerprint density at radius 2 is 1.80 bits per heavy atom. The average molecular weight is 359 g/mol. The number of benzene rings is 2. The first-order valence-electron chi connectivity index (χ1n) is 7.61. The molecule has 3 aromatic rings. The first-order valence-corrected chi connectivity index (χ1v) is 9.09. The van der Waals surface area contributed by atoms with Gasteiger partial charge in [-0.1, -0.05) is 30.3 Å². The number of hydrogen-bond acceptors (Lipinski definition) is 6. The van der Waals surface area contributed by atoms with Crippen LogP contribution in [0.5, 0.6) is 5.75 Å². The molecule has 8 nitrogen and oxygen atoms in total. The maximum Gasteiger partial charge on any atom is 0.240 e. The molecule has 0 saturated carbocycles. The summed E-state index contributed by atoms with van der Waals surface area (Å²) in [7, 11) is -3.57. The van der Waals surface area contributed by atoms with Crippen molar-refractivity contribution in [1.29, 1.82) is 0 Å². The summed E-state index contributed by atoms with van der Waals surface area (Å²) in [5.41, 5.74) is 0.897. The van der Waals surface area contributed by atoms with Gasteiger partial charge in [-0.15, -0.1) is 5.10 Å². The van der Waals surface area contributed by atoms with Crippen LogP contribution in [0.1, 0.15) is 5.56 Å². The summed E-state index contributed by atoms with van der Waals surface area (Å²) in [6, 6.07) is 15.6. The van der Waals surface area contributed by atoms with Gasteiger partial charge in [0.25, 0.3) is 0 Å². The molecule has 9 heteroatoms. The molecule has 0 amide bonds. The van der Waals surface area contributed by atoms with E-state index in [0.717, 1.165) is 5.56 Å². The third-order valence-electron chi connectivity index (χ3n) is 3.42. The molecule has 0 aliphatic carbocycles. The molecule has 0 aliphatic heterocycles. The van der Waals surface area contributed by atoms with Crippen molar-refractivity contribution in [3.63, 3.8) is 0 Å². The summed E-state index contributed by atoms with van der Waals surface area (Å²) in [6.45, 7) is 1.13. The summed E-state index contributed by atoms with van der Waals surface area (Å²) < 4.78 is 34.3. The van der Waals surface area contributed by atoms with Crippen LogP contribution in [-0.4, -0.2) is 35.2 Å². The first-order chi connectivity index (χ1) is 12.1. The Morgan fingerprint density at radius 3 is 2.48 bits per heavy atom. The Morgan fingerprint density at radius 1 is 1.04 bits per heavy atom. The Bertz CT molecular complexity index is 881. The van der Waals surface area contributed by atoms with Crippen molar-refractivity contribution >= 4 is 10.0 Å². The Balaban J connectivity index is 1.55. The Hall–Kier alpha value is -2.78. The molecule has 0 unspecified atom stereocenters. The molecule has 1 aromatic heterocycles. The fraction of sp³-hybridized carbons (Fsp3) is 0.188. The van der Waals surface area contributed by atoms with E-state index >= 15 is 0 Å². The molecule has 2 aromatic carbocycles. The average Bonchev–Trinajstić information content (AvgIpc) is 3.15. The monoisotopic (exact) mass is 359 g/mol. The number of nitrogens with zero attached hydrogens (tertiary/aromatic N) is 4. The van der Waals surface area contributed by atoms with Gasteiger partial charge in [0.1, 0.15) is 18.7 Å². The first kappa shape index (κ1) is 17.1. The van der Waals surface area contributed by atoms with E-state index in [1.54, 1.807) is 16.8 Å². The predicted molar refractivity (Wildman–Crippen MR) is 90.2 cm³/mol. The van der Waals surface area contributed by atoms with Gasteiger partial charge in [-0.3, -0.25) is 0 Å². The van der Waals surface area contributed by atoms with Crippen molar-refractivity contribution in [3.05, 3.63) is 66.5 Å². The number of ether oxygens (including phenoxy) is 1. The standard InChI is InChI=1S/C16H17N5O3S/c22-25(23,18-12-14-4-2-1-3-5-14)16-8-6-15(7-9-16)24-11-10-21-13-17-19-20-21/h1-9,13,18H,10-12H2. The van der Waals surface area contributed by atoms with Crippen molar-refractivity contribution in [2.45, 2.75) is 18.0 Å². The van der Waals surface area contributed by atoms with E-state index in [1.807, 2.05) is 30.3 Å². The number of tetrazole rings is 1. The lowest BCUT2D eigenvalue weighted by atomic mass is 10.2. The zero-order chi connectivity index (χ0) is 17.5. The van der Waals surface area contributed by atoms with E-state index in [0.29, 0.717) is 18.9 Å². The second-order valence-electron chi connectivity index (χ2n) is 5.20. The molecule has 0 spiro atoms. The summed E-state index contributed by atoms with van der Waals surface area (Å²) in [5.74, 6) is 0.579. The number of sulfonamides is 1. The van der Waals surface area contributed by atoms with Crippen LogP contribution in [-0.2, 0) is 23.1 Å². The van der Waals surface area contributed by atoms with Crippen LogP contribution in [0.4, 0.5) is 0 Å². The molecular weight excluding hydrogens is 342 g/mol. The highest BCUT2D eigenvalue weighted by molar-refractivity contribution is 7.89. The molecule has 0 radical (unpaired) electrons. The fourth-order valence-corrected chi connectivity index (χ4v) is 3.13. The van der Waals surface area contributed by atoms with Gasteiger partial charge in [0, 0.05) is 6.54 Å². The third-order valence-corrected chi connectivity index (χ3v) is 4.84. The van der Waals surface area contributed by atoms with Gasteiger partial charge in [-0.25, -0.2) is 17.8 Å². The van der Waals surface area contributed by atoms with Crippen LogP contribution >= 0.6 is 0 Å². The van der Waals surface area contributed by atoms with Crippen molar-refractivity contribution in [2.75, 3.05) is 6.61 Å². The number of rotatable bonds is 8. The molecule has 0 saturated heterocycles. The van der Waals surface area contributed by atoms with E-state index in [-0.39, 0.29) is 11.4 Å². The molecular formula is C16H17N5O3S. The van der Waals surface area contributed by atoms with Crippen molar-refractivity contribution < 1.29 is 13.2 Å². The van der Waals surface area contributed by atoms with E-state index in [4.69, 9.17) is 4.74 Å². The minimum Gasteiger partial charge on any atom is -0.492 e. The highest BCUT2D eigenvalue weighted by atomic mass is 32.2. The second kappa shape index (κ2) is 7.86. The molecule has 1 N–H and O–H groups in total. The lowest BCUT2D eigenvalue weighted by Crippen LogP contribution is -2.23. The molecule has 0 bridgehead atoms. The molecule has 0 fully saturated rings. The van der Waals surface area contributed by atoms with Gasteiger partial charge >= 0.3 is 0 Å². The minimum absolute atomic E-state index is 0.191. The summed E-state index contributed by atoms with van der Waals surface area (Å²) >= 11 is 0. The normalized spacial score (nSPS) is 11.4. The van der Waals surface area contributed by atoms with Gasteiger partial charge in [0.2, 0.25) is 10.0 Å². The Labute approximate surface area is 145 Å². The van der Waals surface area contributed by atoms with E-state index in [1.165, 1.54) is 18.5 Å². The van der Waals surface area contributed by atoms with Crippen LogP contribution < -0.4 is 9.46 Å². The van der Waals surface area contributed by atoms with Crippen LogP contribution in [0.15, 0.2) is 65.8 Å². The van der Waals surface area contributed by atoms with Crippen LogP contribution in [0.2, 0.25) is 0 Å². The van der Waals surface area contributed by atoms with Gasteiger partial charge in [0.05, 0.1) is 11.4 Å². The quantitative estimate of drug-likeness (QED) is 0.649. The Kier molecular flexibility index (Phi) is 5.36. The highest BCUT2D eigenvalue weighted by Gasteiger charge is 2.13. The number of hydrogen-bond donors (Lipinski definition) is 1. The fourth-order valence-electron chi connectivity index (χ4n) is 2.11. The van der Waals surface area contributed by atoms with Crippen molar-refractivity contribution in [2.24, 2.45) is 0 Å². The van der Waals surface area contributed by atoms with Gasteiger partial charge < -0.3 is 4.74 Å². The second-order valence-corrected chi connectivity index (χ2v) is 6.97. The summed E-state index contributed by atoms with van der Waals surface area (Å²) in [4.78, 5) is 0.191.